The molecule has 168 valence electrons. The number of anilines is 1. The maximum absolute atomic E-state index is 14.8. The number of fused-ring (bicyclic) bond motifs is 1. The molecule has 33 heavy (non-hydrogen) atoms. The summed E-state index contributed by atoms with van der Waals surface area (Å²) in [5.74, 6) is 1.45. The third kappa shape index (κ3) is 4.87. The van der Waals surface area contributed by atoms with E-state index in [0.29, 0.717) is 29.8 Å². The van der Waals surface area contributed by atoms with Gasteiger partial charge in [-0.25, -0.2) is 14.4 Å². The van der Waals surface area contributed by atoms with E-state index in [4.69, 9.17) is 4.74 Å². The Morgan fingerprint density at radius 1 is 1.00 bits per heavy atom. The molecule has 1 fully saturated rings. The number of ether oxygens (including phenoxy) is 1. The highest BCUT2D eigenvalue weighted by molar-refractivity contribution is 5.82. The smallest absolute Gasteiger partial charge is 0.225 e. The normalized spacial score (nSPS) is 19.2. The van der Waals surface area contributed by atoms with Crippen molar-refractivity contribution < 1.29 is 9.13 Å². The quantitative estimate of drug-likeness (QED) is 0.622. The number of hydrogen-bond donors (Lipinski definition) is 1. The number of nitrogens with zero attached hydrogens (tertiary/aromatic N) is 4. The minimum Gasteiger partial charge on any atom is -0.486 e. The van der Waals surface area contributed by atoms with Crippen molar-refractivity contribution in [2.45, 2.75) is 25.5 Å². The monoisotopic (exact) mass is 443 g/mol. The molecule has 0 aliphatic carbocycles. The van der Waals surface area contributed by atoms with Gasteiger partial charge in [0.25, 0.3) is 0 Å². The fourth-order valence-corrected chi connectivity index (χ4v) is 4.48. The fourth-order valence-electron chi connectivity index (χ4n) is 4.48. The molecule has 2 aromatic carbocycles. The number of hydrogen-bond acceptors (Lipinski definition) is 6. The highest BCUT2D eigenvalue weighted by atomic mass is 19.1. The van der Waals surface area contributed by atoms with Crippen LogP contribution in [0.15, 0.2) is 78.3 Å². The SMILES string of the molecule is Fc1cccc2c1C(C1CCN(c3ncc(OCc4ccccc4)cn3)CC1)N/C=C\N=C2. The molecule has 6 nitrogen and oxygen atoms in total. The van der Waals surface area contributed by atoms with Crippen molar-refractivity contribution in [3.8, 4) is 5.75 Å². The standard InChI is InChI=1S/C26H26FN5O/c27-23-8-4-7-21-15-28-11-12-29-25(24(21)23)20-9-13-32(14-10-20)26-30-16-22(17-31-26)33-18-19-5-2-1-3-6-19/h1-8,11-12,15-17,20,25,29H,9-10,13-14,18H2/b12-11-,28-15?. The molecule has 2 aliphatic rings. The molecule has 3 heterocycles. The molecule has 0 radical (unpaired) electrons. The van der Waals surface area contributed by atoms with E-state index < -0.39 is 0 Å². The van der Waals surface area contributed by atoms with Crippen LogP contribution in [0.5, 0.6) is 5.75 Å². The van der Waals surface area contributed by atoms with E-state index in [0.717, 1.165) is 37.1 Å². The summed E-state index contributed by atoms with van der Waals surface area (Å²) in [4.78, 5) is 15.4. The number of benzene rings is 2. The van der Waals surface area contributed by atoms with E-state index in [1.807, 2.05) is 36.4 Å². The van der Waals surface area contributed by atoms with Crippen LogP contribution < -0.4 is 15.0 Å². The summed E-state index contributed by atoms with van der Waals surface area (Å²) in [7, 11) is 0. The van der Waals surface area contributed by atoms with Gasteiger partial charge in [0.1, 0.15) is 12.4 Å². The number of aromatic nitrogens is 2. The molecule has 0 amide bonds. The Morgan fingerprint density at radius 2 is 1.79 bits per heavy atom. The van der Waals surface area contributed by atoms with Gasteiger partial charge in [-0.1, -0.05) is 42.5 Å². The summed E-state index contributed by atoms with van der Waals surface area (Å²) in [6.45, 7) is 2.11. The maximum Gasteiger partial charge on any atom is 0.225 e. The van der Waals surface area contributed by atoms with Crippen LogP contribution in [0.25, 0.3) is 0 Å². The topological polar surface area (TPSA) is 62.6 Å². The third-order valence-electron chi connectivity index (χ3n) is 6.20. The zero-order chi connectivity index (χ0) is 22.5. The minimum absolute atomic E-state index is 0.0963. The second kappa shape index (κ2) is 9.81. The molecule has 1 atom stereocenters. The molecule has 1 aromatic heterocycles. The van der Waals surface area contributed by atoms with Gasteiger partial charge in [-0.15, -0.1) is 0 Å². The number of rotatable bonds is 5. The van der Waals surface area contributed by atoms with Crippen LogP contribution in [0.4, 0.5) is 10.3 Å². The molecule has 0 saturated carbocycles. The van der Waals surface area contributed by atoms with Gasteiger partial charge in [0.2, 0.25) is 5.95 Å². The predicted octanol–water partition coefficient (Wildman–Crippen LogP) is 4.65. The largest absolute Gasteiger partial charge is 0.486 e. The van der Waals surface area contributed by atoms with Crippen molar-refractivity contribution >= 4 is 12.2 Å². The molecular formula is C26H26FN5O. The average Bonchev–Trinajstić information content (AvgIpc) is 2.85. The number of nitrogens with one attached hydrogen (secondary N) is 1. The zero-order valence-electron chi connectivity index (χ0n) is 18.3. The lowest BCUT2D eigenvalue weighted by Crippen LogP contribution is -2.39. The fraction of sp³-hybridized carbons (Fsp3) is 0.269. The number of piperidine rings is 1. The Kier molecular flexibility index (Phi) is 6.28. The van der Waals surface area contributed by atoms with Gasteiger partial charge < -0.3 is 15.0 Å². The van der Waals surface area contributed by atoms with Gasteiger partial charge >= 0.3 is 0 Å². The van der Waals surface area contributed by atoms with Crippen LogP contribution in [0.1, 0.15) is 35.6 Å². The number of halogens is 1. The Labute approximate surface area is 192 Å². The van der Waals surface area contributed by atoms with Gasteiger partial charge in [0, 0.05) is 42.8 Å². The first-order valence-corrected chi connectivity index (χ1v) is 11.2. The van der Waals surface area contributed by atoms with Gasteiger partial charge in [-0.3, -0.25) is 4.99 Å². The summed E-state index contributed by atoms with van der Waals surface area (Å²) < 4.78 is 20.6. The first kappa shape index (κ1) is 21.1. The average molecular weight is 444 g/mol. The van der Waals surface area contributed by atoms with E-state index in [9.17, 15) is 4.39 Å². The summed E-state index contributed by atoms with van der Waals surface area (Å²) in [5.41, 5.74) is 2.62. The summed E-state index contributed by atoms with van der Waals surface area (Å²) in [6, 6.07) is 15.1. The van der Waals surface area contributed by atoms with Crippen molar-refractivity contribution in [1.29, 1.82) is 0 Å². The van der Waals surface area contributed by atoms with E-state index >= 15 is 0 Å². The molecule has 0 spiro atoms. The van der Waals surface area contributed by atoms with Crippen molar-refractivity contribution in [2.24, 2.45) is 10.9 Å². The first-order valence-electron chi connectivity index (χ1n) is 11.2. The first-order chi connectivity index (χ1) is 16.3. The summed E-state index contributed by atoms with van der Waals surface area (Å²) in [6.07, 6.45) is 10.5. The van der Waals surface area contributed by atoms with Crippen LogP contribution in [0, 0.1) is 11.7 Å². The highest BCUT2D eigenvalue weighted by Gasteiger charge is 2.31. The molecule has 5 rings (SSSR count). The van der Waals surface area contributed by atoms with Crippen molar-refractivity contribution in [3.63, 3.8) is 0 Å². The number of aliphatic imine (C=N–C) groups is 1. The molecule has 2 aliphatic heterocycles. The Balaban J connectivity index is 1.22. The molecule has 3 aromatic rings. The van der Waals surface area contributed by atoms with Gasteiger partial charge in [-0.2, -0.15) is 0 Å². The van der Waals surface area contributed by atoms with Crippen LogP contribution in [-0.2, 0) is 6.61 Å². The van der Waals surface area contributed by atoms with Gasteiger partial charge in [-0.05, 0) is 30.4 Å². The molecule has 1 saturated heterocycles. The summed E-state index contributed by atoms with van der Waals surface area (Å²) >= 11 is 0. The molecule has 0 bridgehead atoms. The van der Waals surface area contributed by atoms with E-state index in [1.165, 1.54) is 6.07 Å². The van der Waals surface area contributed by atoms with Crippen LogP contribution in [0.3, 0.4) is 0 Å². The Morgan fingerprint density at radius 3 is 2.58 bits per heavy atom. The van der Waals surface area contributed by atoms with Crippen molar-refractivity contribution in [1.82, 2.24) is 15.3 Å². The molecule has 7 heteroatoms. The summed E-state index contributed by atoms with van der Waals surface area (Å²) in [5, 5.41) is 3.38. The van der Waals surface area contributed by atoms with Gasteiger partial charge in [0.05, 0.1) is 18.4 Å². The van der Waals surface area contributed by atoms with Crippen LogP contribution in [0.2, 0.25) is 0 Å². The lowest BCUT2D eigenvalue weighted by molar-refractivity contribution is 0.302. The lowest BCUT2D eigenvalue weighted by Gasteiger charge is -2.37. The third-order valence-corrected chi connectivity index (χ3v) is 6.20. The van der Waals surface area contributed by atoms with E-state index in [2.05, 4.69) is 25.2 Å². The van der Waals surface area contributed by atoms with Crippen molar-refractivity contribution in [2.75, 3.05) is 18.0 Å². The van der Waals surface area contributed by atoms with Crippen molar-refractivity contribution in [3.05, 3.63) is 95.8 Å². The highest BCUT2D eigenvalue weighted by Crippen LogP contribution is 2.35. The minimum atomic E-state index is -0.191. The molecule has 1 N–H and O–H groups in total. The predicted molar refractivity (Wildman–Crippen MR) is 127 cm³/mol. The maximum atomic E-state index is 14.8. The van der Waals surface area contributed by atoms with E-state index in [1.54, 1.807) is 37.1 Å². The van der Waals surface area contributed by atoms with Gasteiger partial charge in [0.15, 0.2) is 5.75 Å². The lowest BCUT2D eigenvalue weighted by atomic mass is 9.83. The zero-order valence-corrected chi connectivity index (χ0v) is 18.3. The Hall–Kier alpha value is -3.74. The van der Waals surface area contributed by atoms with E-state index in [-0.39, 0.29) is 11.9 Å². The Bertz CT molecular complexity index is 1130. The second-order valence-electron chi connectivity index (χ2n) is 8.30. The van der Waals surface area contributed by atoms with Crippen LogP contribution in [-0.4, -0.2) is 29.3 Å². The second-order valence-corrected chi connectivity index (χ2v) is 8.30. The molecular weight excluding hydrogens is 417 g/mol. The van der Waals surface area contributed by atoms with Crippen LogP contribution >= 0.6 is 0 Å². The molecule has 1 unspecified atom stereocenters.